The molecule has 0 spiro atoms. The third kappa shape index (κ3) is 3.30. The maximum absolute atomic E-state index is 13.4. The number of amides is 1. The van der Waals surface area contributed by atoms with Gasteiger partial charge in [0.05, 0.1) is 0 Å². The predicted molar refractivity (Wildman–Crippen MR) is 71.4 cm³/mol. The largest absolute Gasteiger partial charge is 0.378 e. The zero-order valence-electron chi connectivity index (χ0n) is 9.81. The highest BCUT2D eigenvalue weighted by molar-refractivity contribution is 6.30. The van der Waals surface area contributed by atoms with Gasteiger partial charge in [-0.15, -0.1) is 0 Å². The van der Waals surface area contributed by atoms with Crippen LogP contribution >= 0.6 is 11.6 Å². The molecule has 19 heavy (non-hydrogen) atoms. The first-order chi connectivity index (χ1) is 9.08. The maximum Gasteiger partial charge on any atom is 0.257 e. The Labute approximate surface area is 114 Å². The van der Waals surface area contributed by atoms with E-state index in [0.29, 0.717) is 10.7 Å². The van der Waals surface area contributed by atoms with E-state index in [-0.39, 0.29) is 5.56 Å². The van der Waals surface area contributed by atoms with Crippen molar-refractivity contribution < 1.29 is 14.3 Å². The summed E-state index contributed by atoms with van der Waals surface area (Å²) in [6.45, 7) is 0. The molecule has 98 valence electrons. The summed E-state index contributed by atoms with van der Waals surface area (Å²) in [5.41, 5.74) is 0.416. The molecular formula is C14H11ClFNO2. The summed E-state index contributed by atoms with van der Waals surface area (Å²) in [4.78, 5) is 11.8. The Morgan fingerprint density at radius 3 is 2.42 bits per heavy atom. The van der Waals surface area contributed by atoms with Gasteiger partial charge < -0.3 is 10.4 Å². The van der Waals surface area contributed by atoms with E-state index >= 15 is 0 Å². The Balaban J connectivity index is 2.12. The summed E-state index contributed by atoms with van der Waals surface area (Å²) in [5.74, 6) is -1.33. The molecule has 1 atom stereocenters. The molecular weight excluding hydrogens is 269 g/mol. The van der Waals surface area contributed by atoms with Crippen LogP contribution in [0.3, 0.4) is 0 Å². The lowest BCUT2D eigenvalue weighted by Crippen LogP contribution is -2.21. The predicted octanol–water partition coefficient (Wildman–Crippen LogP) is 3.15. The van der Waals surface area contributed by atoms with E-state index in [2.05, 4.69) is 5.32 Å². The van der Waals surface area contributed by atoms with Crippen molar-refractivity contribution in [3.8, 4) is 0 Å². The van der Waals surface area contributed by atoms with Gasteiger partial charge in [0.2, 0.25) is 0 Å². The molecule has 1 amide bonds. The van der Waals surface area contributed by atoms with Crippen LogP contribution in [0.2, 0.25) is 5.02 Å². The molecule has 3 nitrogen and oxygen atoms in total. The number of aliphatic hydroxyl groups is 1. The van der Waals surface area contributed by atoms with Crippen LogP contribution in [-0.2, 0) is 4.79 Å². The number of rotatable bonds is 3. The van der Waals surface area contributed by atoms with Gasteiger partial charge in [0.25, 0.3) is 5.91 Å². The topological polar surface area (TPSA) is 49.3 Å². The lowest BCUT2D eigenvalue weighted by Gasteiger charge is -2.12. The van der Waals surface area contributed by atoms with E-state index < -0.39 is 17.8 Å². The summed E-state index contributed by atoms with van der Waals surface area (Å²) < 4.78 is 13.4. The lowest BCUT2D eigenvalue weighted by molar-refractivity contribution is -0.124. The van der Waals surface area contributed by atoms with Crippen molar-refractivity contribution in [3.63, 3.8) is 0 Å². The highest BCUT2D eigenvalue weighted by atomic mass is 35.5. The zero-order chi connectivity index (χ0) is 13.8. The molecule has 1 unspecified atom stereocenters. The summed E-state index contributed by atoms with van der Waals surface area (Å²) in [5, 5.41) is 12.8. The Kier molecular flexibility index (Phi) is 4.14. The van der Waals surface area contributed by atoms with Gasteiger partial charge in [0, 0.05) is 16.3 Å². The summed E-state index contributed by atoms with van der Waals surface area (Å²) >= 11 is 5.72. The fraction of sp³-hybridized carbons (Fsp3) is 0.0714. The van der Waals surface area contributed by atoms with Crippen molar-refractivity contribution in [2.24, 2.45) is 0 Å². The van der Waals surface area contributed by atoms with Crippen LogP contribution in [0.5, 0.6) is 0 Å². The Bertz CT molecular complexity index is 586. The first-order valence-corrected chi connectivity index (χ1v) is 5.94. The van der Waals surface area contributed by atoms with Crippen LogP contribution < -0.4 is 5.32 Å². The molecule has 0 saturated carbocycles. The highest BCUT2D eigenvalue weighted by Gasteiger charge is 2.20. The Morgan fingerprint density at radius 1 is 1.16 bits per heavy atom. The molecule has 2 rings (SSSR count). The molecule has 0 fully saturated rings. The average Bonchev–Trinajstić information content (AvgIpc) is 2.41. The molecule has 0 radical (unpaired) electrons. The van der Waals surface area contributed by atoms with Gasteiger partial charge in [-0.05, 0) is 30.3 Å². The highest BCUT2D eigenvalue weighted by Crippen LogP contribution is 2.19. The molecule has 2 aromatic carbocycles. The van der Waals surface area contributed by atoms with E-state index in [1.807, 2.05) is 0 Å². The first-order valence-electron chi connectivity index (χ1n) is 5.57. The standard InChI is InChI=1S/C14H11ClFNO2/c15-9-5-7-10(8-6-9)17-14(19)13(18)11-3-1-2-4-12(11)16/h1-8,13,18H,(H,17,19). The second-order valence-corrected chi connectivity index (χ2v) is 4.36. The van der Waals surface area contributed by atoms with Crippen LogP contribution in [0.1, 0.15) is 11.7 Å². The third-order valence-electron chi connectivity index (χ3n) is 2.56. The smallest absolute Gasteiger partial charge is 0.257 e. The van der Waals surface area contributed by atoms with Gasteiger partial charge in [-0.2, -0.15) is 0 Å². The normalized spacial score (nSPS) is 11.9. The van der Waals surface area contributed by atoms with Crippen molar-refractivity contribution in [3.05, 3.63) is 64.9 Å². The fourth-order valence-corrected chi connectivity index (χ4v) is 1.71. The van der Waals surface area contributed by atoms with Gasteiger partial charge in [-0.1, -0.05) is 29.8 Å². The van der Waals surface area contributed by atoms with E-state index in [0.717, 1.165) is 0 Å². The van der Waals surface area contributed by atoms with Crippen molar-refractivity contribution in [2.45, 2.75) is 6.10 Å². The molecule has 0 aliphatic rings. The molecule has 0 bridgehead atoms. The number of anilines is 1. The van der Waals surface area contributed by atoms with Gasteiger partial charge in [0.15, 0.2) is 6.10 Å². The number of carbonyl (C=O) groups excluding carboxylic acids is 1. The number of nitrogens with one attached hydrogen (secondary N) is 1. The molecule has 5 heteroatoms. The van der Waals surface area contributed by atoms with Crippen molar-refractivity contribution >= 4 is 23.2 Å². The maximum atomic E-state index is 13.4. The molecule has 2 N–H and O–H groups in total. The Hall–Kier alpha value is -1.91. The zero-order valence-corrected chi connectivity index (χ0v) is 10.6. The lowest BCUT2D eigenvalue weighted by atomic mass is 10.1. The second kappa shape index (κ2) is 5.82. The quantitative estimate of drug-likeness (QED) is 0.907. The Morgan fingerprint density at radius 2 is 1.79 bits per heavy atom. The van der Waals surface area contributed by atoms with Gasteiger partial charge in [0.1, 0.15) is 5.82 Å². The number of hydrogen-bond donors (Lipinski definition) is 2. The monoisotopic (exact) mass is 279 g/mol. The fourth-order valence-electron chi connectivity index (χ4n) is 1.58. The summed E-state index contributed by atoms with van der Waals surface area (Å²) in [6, 6.07) is 12.0. The van der Waals surface area contributed by atoms with Crippen LogP contribution in [0.15, 0.2) is 48.5 Å². The third-order valence-corrected chi connectivity index (χ3v) is 2.81. The van der Waals surface area contributed by atoms with Crippen LogP contribution in [-0.4, -0.2) is 11.0 Å². The van der Waals surface area contributed by atoms with E-state index in [1.54, 1.807) is 30.3 Å². The SMILES string of the molecule is O=C(Nc1ccc(Cl)cc1)C(O)c1ccccc1F. The average molecular weight is 280 g/mol. The minimum absolute atomic E-state index is 0.0611. The molecule has 0 aromatic heterocycles. The van der Waals surface area contributed by atoms with E-state index in [4.69, 9.17) is 11.6 Å². The molecule has 0 heterocycles. The number of benzene rings is 2. The van der Waals surface area contributed by atoms with Crippen molar-refractivity contribution in [1.29, 1.82) is 0 Å². The second-order valence-electron chi connectivity index (χ2n) is 3.92. The number of aliphatic hydroxyl groups excluding tert-OH is 1. The molecule has 0 aliphatic carbocycles. The number of hydrogen-bond acceptors (Lipinski definition) is 2. The molecule has 0 aliphatic heterocycles. The summed E-state index contributed by atoms with van der Waals surface area (Å²) in [7, 11) is 0. The minimum atomic E-state index is -1.56. The van der Waals surface area contributed by atoms with Crippen LogP contribution in [0.4, 0.5) is 10.1 Å². The van der Waals surface area contributed by atoms with Crippen molar-refractivity contribution in [1.82, 2.24) is 0 Å². The van der Waals surface area contributed by atoms with E-state index in [1.165, 1.54) is 18.2 Å². The minimum Gasteiger partial charge on any atom is -0.378 e. The first kappa shape index (κ1) is 13.5. The van der Waals surface area contributed by atoms with Crippen LogP contribution in [0, 0.1) is 5.82 Å². The van der Waals surface area contributed by atoms with Crippen molar-refractivity contribution in [2.75, 3.05) is 5.32 Å². The van der Waals surface area contributed by atoms with Crippen LogP contribution in [0.25, 0.3) is 0 Å². The summed E-state index contributed by atoms with van der Waals surface area (Å²) in [6.07, 6.45) is -1.56. The van der Waals surface area contributed by atoms with Gasteiger partial charge in [-0.25, -0.2) is 4.39 Å². The molecule has 2 aromatic rings. The number of carbonyl (C=O) groups is 1. The number of halogens is 2. The molecule has 0 saturated heterocycles. The van der Waals surface area contributed by atoms with Gasteiger partial charge >= 0.3 is 0 Å². The van der Waals surface area contributed by atoms with E-state index in [9.17, 15) is 14.3 Å². The van der Waals surface area contributed by atoms with Gasteiger partial charge in [-0.3, -0.25) is 4.79 Å².